The number of piperidine rings is 1. The van der Waals surface area contributed by atoms with E-state index in [1.807, 2.05) is 0 Å². The summed E-state index contributed by atoms with van der Waals surface area (Å²) in [7, 11) is 0. The van der Waals surface area contributed by atoms with Crippen molar-refractivity contribution in [3.8, 4) is 0 Å². The Morgan fingerprint density at radius 2 is 1.60 bits per heavy atom. The number of nitrogens with one attached hydrogen (secondary N) is 1. The summed E-state index contributed by atoms with van der Waals surface area (Å²) in [5, 5.41) is 3.08. The molecule has 25 heavy (non-hydrogen) atoms. The molecule has 1 saturated carbocycles. The highest BCUT2D eigenvalue weighted by atomic mass is 16.2. The fourth-order valence-corrected chi connectivity index (χ4v) is 4.58. The van der Waals surface area contributed by atoms with E-state index in [1.54, 1.807) is 0 Å². The number of imide groups is 1. The first-order chi connectivity index (χ1) is 12.1. The van der Waals surface area contributed by atoms with Crippen LogP contribution >= 0.6 is 0 Å². The first-order valence-electron chi connectivity index (χ1n) is 9.97. The molecule has 2 heterocycles. The zero-order valence-electron chi connectivity index (χ0n) is 15.3. The van der Waals surface area contributed by atoms with E-state index in [0.717, 1.165) is 64.6 Å². The predicted octanol–water partition coefficient (Wildman–Crippen LogP) is 1.54. The molecule has 0 spiro atoms. The zero-order chi connectivity index (χ0) is 17.8. The van der Waals surface area contributed by atoms with Gasteiger partial charge in [0.2, 0.25) is 17.7 Å². The third kappa shape index (κ3) is 4.22. The minimum atomic E-state index is -0.118. The van der Waals surface area contributed by atoms with Crippen molar-refractivity contribution in [3.63, 3.8) is 0 Å². The lowest BCUT2D eigenvalue weighted by Crippen LogP contribution is -2.45. The standard InChI is InChI=1S/C19H31N3O3/c1-2-10-21-11-7-14(8-12-21)20-17(23)9-13-22-18(24)15-5-3-4-6-16(15)19(22)25/h14-16H,2-13H2,1H3,(H,20,23). The van der Waals surface area contributed by atoms with Crippen LogP contribution in [0.5, 0.6) is 0 Å². The number of hydrogen-bond donors (Lipinski definition) is 1. The number of hydrogen-bond acceptors (Lipinski definition) is 4. The van der Waals surface area contributed by atoms with Crippen molar-refractivity contribution in [2.75, 3.05) is 26.2 Å². The molecule has 3 rings (SSSR count). The Balaban J connectivity index is 1.42. The Labute approximate surface area is 150 Å². The van der Waals surface area contributed by atoms with Gasteiger partial charge in [-0.1, -0.05) is 19.8 Å². The number of carbonyl (C=O) groups is 3. The van der Waals surface area contributed by atoms with Crippen LogP contribution in [0.1, 0.15) is 58.3 Å². The second-order valence-corrected chi connectivity index (χ2v) is 7.76. The highest BCUT2D eigenvalue weighted by molar-refractivity contribution is 6.05. The van der Waals surface area contributed by atoms with Gasteiger partial charge in [-0.25, -0.2) is 0 Å². The van der Waals surface area contributed by atoms with Crippen LogP contribution in [0.4, 0.5) is 0 Å². The van der Waals surface area contributed by atoms with Crippen LogP contribution in [0, 0.1) is 11.8 Å². The largest absolute Gasteiger partial charge is 0.353 e. The van der Waals surface area contributed by atoms with Crippen LogP contribution in [-0.4, -0.2) is 59.7 Å². The van der Waals surface area contributed by atoms with Crippen LogP contribution < -0.4 is 5.32 Å². The van der Waals surface area contributed by atoms with Gasteiger partial charge in [-0.2, -0.15) is 0 Å². The summed E-state index contributed by atoms with van der Waals surface area (Å²) in [4.78, 5) is 40.9. The maximum Gasteiger partial charge on any atom is 0.233 e. The molecule has 0 aromatic rings. The van der Waals surface area contributed by atoms with Crippen LogP contribution in [-0.2, 0) is 14.4 Å². The van der Waals surface area contributed by atoms with Crippen molar-refractivity contribution in [2.24, 2.45) is 11.8 Å². The number of amides is 3. The molecule has 2 aliphatic heterocycles. The highest BCUT2D eigenvalue weighted by Crippen LogP contribution is 2.37. The number of likely N-dealkylation sites (tertiary alicyclic amines) is 2. The fraction of sp³-hybridized carbons (Fsp3) is 0.842. The number of carbonyl (C=O) groups excluding carboxylic acids is 3. The van der Waals surface area contributed by atoms with E-state index < -0.39 is 0 Å². The summed E-state index contributed by atoms with van der Waals surface area (Å²) in [6.07, 6.45) is 7.08. The molecule has 0 aromatic heterocycles. The van der Waals surface area contributed by atoms with Gasteiger partial charge >= 0.3 is 0 Å². The van der Waals surface area contributed by atoms with E-state index in [0.29, 0.717) is 0 Å². The SMILES string of the molecule is CCCN1CCC(NC(=O)CCN2C(=O)C3CCCCC3C2=O)CC1. The fourth-order valence-electron chi connectivity index (χ4n) is 4.58. The van der Waals surface area contributed by atoms with Crippen molar-refractivity contribution in [2.45, 2.75) is 64.3 Å². The van der Waals surface area contributed by atoms with Gasteiger partial charge in [-0.15, -0.1) is 0 Å². The van der Waals surface area contributed by atoms with E-state index in [2.05, 4.69) is 17.1 Å². The van der Waals surface area contributed by atoms with Crippen LogP contribution in [0.2, 0.25) is 0 Å². The molecule has 0 radical (unpaired) electrons. The van der Waals surface area contributed by atoms with Crippen molar-refractivity contribution in [3.05, 3.63) is 0 Å². The van der Waals surface area contributed by atoms with Gasteiger partial charge in [-0.05, 0) is 38.6 Å². The van der Waals surface area contributed by atoms with Crippen molar-refractivity contribution < 1.29 is 14.4 Å². The summed E-state index contributed by atoms with van der Waals surface area (Å²) < 4.78 is 0. The predicted molar refractivity (Wildman–Crippen MR) is 94.7 cm³/mol. The first-order valence-corrected chi connectivity index (χ1v) is 9.97. The monoisotopic (exact) mass is 349 g/mol. The third-order valence-corrected chi connectivity index (χ3v) is 5.99. The number of rotatable bonds is 6. The maximum absolute atomic E-state index is 12.4. The van der Waals surface area contributed by atoms with Gasteiger partial charge in [0.1, 0.15) is 0 Å². The van der Waals surface area contributed by atoms with E-state index in [9.17, 15) is 14.4 Å². The molecular formula is C19H31N3O3. The third-order valence-electron chi connectivity index (χ3n) is 5.99. The number of fused-ring (bicyclic) bond motifs is 1. The Morgan fingerprint density at radius 3 is 2.16 bits per heavy atom. The smallest absolute Gasteiger partial charge is 0.233 e. The molecule has 1 N–H and O–H groups in total. The molecule has 2 atom stereocenters. The summed E-state index contributed by atoms with van der Waals surface area (Å²) in [5.41, 5.74) is 0. The summed E-state index contributed by atoms with van der Waals surface area (Å²) in [6.45, 7) is 5.62. The molecule has 1 aliphatic carbocycles. The van der Waals surface area contributed by atoms with Gasteiger partial charge in [0.25, 0.3) is 0 Å². The van der Waals surface area contributed by atoms with Gasteiger partial charge in [0.15, 0.2) is 0 Å². The normalized spacial score (nSPS) is 28.3. The average molecular weight is 349 g/mol. The molecule has 0 bridgehead atoms. The molecule has 6 heteroatoms. The second-order valence-electron chi connectivity index (χ2n) is 7.76. The van der Waals surface area contributed by atoms with E-state index in [-0.39, 0.29) is 48.6 Å². The lowest BCUT2D eigenvalue weighted by atomic mass is 9.81. The Morgan fingerprint density at radius 1 is 1.00 bits per heavy atom. The van der Waals surface area contributed by atoms with E-state index >= 15 is 0 Å². The minimum Gasteiger partial charge on any atom is -0.353 e. The van der Waals surface area contributed by atoms with Gasteiger partial charge in [-0.3, -0.25) is 19.3 Å². The molecule has 140 valence electrons. The van der Waals surface area contributed by atoms with Crippen LogP contribution in [0.15, 0.2) is 0 Å². The quantitative estimate of drug-likeness (QED) is 0.739. The van der Waals surface area contributed by atoms with Crippen molar-refractivity contribution in [1.29, 1.82) is 0 Å². The van der Waals surface area contributed by atoms with E-state index in [4.69, 9.17) is 0 Å². The summed E-state index contributed by atoms with van der Waals surface area (Å²) >= 11 is 0. The summed E-state index contributed by atoms with van der Waals surface area (Å²) in [5.74, 6) is -0.366. The molecule has 0 aromatic carbocycles. The molecule has 3 aliphatic rings. The van der Waals surface area contributed by atoms with Crippen LogP contribution in [0.25, 0.3) is 0 Å². The Hall–Kier alpha value is -1.43. The molecule has 6 nitrogen and oxygen atoms in total. The molecule has 3 fully saturated rings. The van der Waals surface area contributed by atoms with E-state index in [1.165, 1.54) is 4.90 Å². The maximum atomic E-state index is 12.4. The molecular weight excluding hydrogens is 318 g/mol. The van der Waals surface area contributed by atoms with Gasteiger partial charge < -0.3 is 10.2 Å². The average Bonchev–Trinajstić information content (AvgIpc) is 2.86. The second kappa shape index (κ2) is 8.30. The van der Waals surface area contributed by atoms with Gasteiger partial charge in [0, 0.05) is 32.1 Å². The zero-order valence-corrected chi connectivity index (χ0v) is 15.3. The Bertz CT molecular complexity index is 490. The molecule has 3 amide bonds. The summed E-state index contributed by atoms with van der Waals surface area (Å²) in [6, 6.07) is 0.230. The van der Waals surface area contributed by atoms with Crippen molar-refractivity contribution >= 4 is 17.7 Å². The lowest BCUT2D eigenvalue weighted by molar-refractivity contribution is -0.140. The number of nitrogens with zero attached hydrogens (tertiary/aromatic N) is 2. The first kappa shape index (κ1) is 18.4. The van der Waals surface area contributed by atoms with Crippen LogP contribution in [0.3, 0.4) is 0 Å². The van der Waals surface area contributed by atoms with Crippen molar-refractivity contribution in [1.82, 2.24) is 15.1 Å². The highest BCUT2D eigenvalue weighted by Gasteiger charge is 2.47. The minimum absolute atomic E-state index is 0.0376. The molecule has 2 saturated heterocycles. The lowest BCUT2D eigenvalue weighted by Gasteiger charge is -2.32. The Kier molecular flexibility index (Phi) is 6.10. The van der Waals surface area contributed by atoms with Gasteiger partial charge in [0.05, 0.1) is 11.8 Å². The molecule has 2 unspecified atom stereocenters. The topological polar surface area (TPSA) is 69.7 Å².